The Morgan fingerprint density at radius 1 is 1.29 bits per heavy atom. The number of carboxylic acids is 1. The Morgan fingerprint density at radius 3 is 2.59 bits per heavy atom. The average Bonchev–Trinajstić information content (AvgIpc) is 2.26. The van der Waals surface area contributed by atoms with E-state index in [9.17, 15) is 24.8 Å². The zero-order chi connectivity index (χ0) is 12.8. The summed E-state index contributed by atoms with van der Waals surface area (Å²) in [4.78, 5) is 31.0. The molecule has 0 unspecified atom stereocenters. The number of nitro benzene ring substituents is 1. The van der Waals surface area contributed by atoms with Gasteiger partial charge in [-0.15, -0.1) is 0 Å². The van der Waals surface area contributed by atoms with Crippen LogP contribution in [0.25, 0.3) is 0 Å². The fourth-order valence-corrected chi connectivity index (χ4v) is 1.02. The van der Waals surface area contributed by atoms with Crippen LogP contribution in [0, 0.1) is 10.1 Å². The van der Waals surface area contributed by atoms with E-state index in [1.54, 1.807) is 0 Å². The maximum Gasteiger partial charge on any atom is 0.271 e. The van der Waals surface area contributed by atoms with Crippen molar-refractivity contribution in [3.8, 4) is 0 Å². The molecule has 88 valence electrons. The smallest absolute Gasteiger partial charge is 0.271 e. The molecule has 0 aliphatic rings. The summed E-state index contributed by atoms with van der Waals surface area (Å²) in [6, 6.07) is 5.27. The Bertz CT molecular complexity index is 495. The normalized spacial score (nSPS) is 10.1. The number of benzene rings is 1. The zero-order valence-corrected chi connectivity index (χ0v) is 8.45. The number of hydrogen-bond donors (Lipinski definition) is 1. The van der Waals surface area contributed by atoms with Crippen LogP contribution in [0.1, 0.15) is 0 Å². The minimum Gasteiger partial charge on any atom is -0.545 e. The predicted molar refractivity (Wildman–Crippen MR) is 55.9 cm³/mol. The third-order valence-corrected chi connectivity index (χ3v) is 1.70. The first-order chi connectivity index (χ1) is 7.99. The number of hydrogen-bond acceptors (Lipinski definition) is 5. The van der Waals surface area contributed by atoms with Crippen molar-refractivity contribution in [2.75, 3.05) is 5.32 Å². The highest BCUT2D eigenvalue weighted by Gasteiger charge is 2.06. The minimum atomic E-state index is -1.50. The SMILES string of the molecule is O=C([O-])/C=C\C(=O)Nc1cccc([N+](=O)[O-])c1. The van der Waals surface area contributed by atoms with Gasteiger partial charge in [0.05, 0.1) is 10.9 Å². The molecular formula is C10H7N2O5-. The number of nitro groups is 1. The average molecular weight is 235 g/mol. The summed E-state index contributed by atoms with van der Waals surface area (Å²) >= 11 is 0. The van der Waals surface area contributed by atoms with Crippen LogP contribution in [-0.2, 0) is 9.59 Å². The fourth-order valence-electron chi connectivity index (χ4n) is 1.02. The highest BCUT2D eigenvalue weighted by atomic mass is 16.6. The molecule has 0 spiro atoms. The summed E-state index contributed by atoms with van der Waals surface area (Å²) in [5.74, 6) is -2.21. The van der Waals surface area contributed by atoms with E-state index in [0.717, 1.165) is 12.1 Å². The van der Waals surface area contributed by atoms with Crippen molar-refractivity contribution in [3.63, 3.8) is 0 Å². The number of nitrogens with zero attached hydrogens (tertiary/aromatic N) is 1. The number of amides is 1. The number of carboxylic acid groups (broad SMARTS) is 1. The Labute approximate surface area is 95.5 Å². The van der Waals surface area contributed by atoms with E-state index in [2.05, 4.69) is 5.32 Å². The van der Waals surface area contributed by atoms with E-state index < -0.39 is 16.8 Å². The summed E-state index contributed by atoms with van der Waals surface area (Å²) in [7, 11) is 0. The van der Waals surface area contributed by atoms with Gasteiger partial charge in [0.15, 0.2) is 0 Å². The molecule has 0 saturated carbocycles. The van der Waals surface area contributed by atoms with Crippen molar-refractivity contribution in [2.45, 2.75) is 0 Å². The lowest BCUT2D eigenvalue weighted by Gasteiger charge is -2.01. The highest BCUT2D eigenvalue weighted by Crippen LogP contribution is 2.16. The summed E-state index contributed by atoms with van der Waals surface area (Å²) in [5.41, 5.74) is 0.0267. The third-order valence-electron chi connectivity index (χ3n) is 1.70. The Hall–Kier alpha value is -2.70. The van der Waals surface area contributed by atoms with Crippen LogP contribution in [0.4, 0.5) is 11.4 Å². The monoisotopic (exact) mass is 235 g/mol. The maximum absolute atomic E-state index is 11.1. The molecule has 0 heterocycles. The van der Waals surface area contributed by atoms with Gasteiger partial charge in [0, 0.05) is 23.9 Å². The first-order valence-electron chi connectivity index (χ1n) is 4.43. The standard InChI is InChI=1S/C10H8N2O5/c13-9(4-5-10(14)15)11-7-2-1-3-8(6-7)12(16)17/h1-6H,(H,11,13)(H,14,15)/p-1/b5-4-. The number of non-ortho nitro benzene ring substituents is 1. The molecule has 17 heavy (non-hydrogen) atoms. The molecular weight excluding hydrogens is 228 g/mol. The van der Waals surface area contributed by atoms with Gasteiger partial charge in [-0.25, -0.2) is 0 Å². The molecule has 1 N–H and O–H groups in total. The number of aliphatic carboxylic acids is 1. The predicted octanol–water partition coefficient (Wildman–Crippen LogP) is -0.161. The molecule has 1 aromatic carbocycles. The molecule has 0 saturated heterocycles. The van der Waals surface area contributed by atoms with Gasteiger partial charge in [-0.2, -0.15) is 0 Å². The van der Waals surface area contributed by atoms with Crippen molar-refractivity contribution in [1.29, 1.82) is 0 Å². The number of carbonyl (C=O) groups is 2. The van der Waals surface area contributed by atoms with E-state index in [0.29, 0.717) is 6.08 Å². The van der Waals surface area contributed by atoms with Gasteiger partial charge < -0.3 is 15.2 Å². The molecule has 0 atom stereocenters. The van der Waals surface area contributed by atoms with Crippen molar-refractivity contribution in [1.82, 2.24) is 0 Å². The lowest BCUT2D eigenvalue weighted by molar-refractivity contribution is -0.384. The lowest BCUT2D eigenvalue weighted by Crippen LogP contribution is -2.20. The van der Waals surface area contributed by atoms with Gasteiger partial charge in [-0.05, 0) is 12.1 Å². The van der Waals surface area contributed by atoms with Crippen molar-refractivity contribution < 1.29 is 19.6 Å². The third kappa shape index (κ3) is 4.12. The molecule has 1 amide bonds. The first kappa shape index (κ1) is 12.4. The minimum absolute atomic E-state index is 0.174. The Kier molecular flexibility index (Phi) is 3.93. The van der Waals surface area contributed by atoms with Gasteiger partial charge in [0.1, 0.15) is 0 Å². The van der Waals surface area contributed by atoms with Crippen LogP contribution in [0.15, 0.2) is 36.4 Å². The Morgan fingerprint density at radius 2 is 2.00 bits per heavy atom. The highest BCUT2D eigenvalue weighted by molar-refractivity contribution is 6.02. The zero-order valence-electron chi connectivity index (χ0n) is 8.45. The molecule has 0 bridgehead atoms. The van der Waals surface area contributed by atoms with Crippen molar-refractivity contribution in [2.24, 2.45) is 0 Å². The molecule has 0 aromatic heterocycles. The molecule has 0 fully saturated rings. The van der Waals surface area contributed by atoms with E-state index >= 15 is 0 Å². The van der Waals surface area contributed by atoms with Crippen LogP contribution in [0.2, 0.25) is 0 Å². The molecule has 0 aliphatic heterocycles. The second-order valence-electron chi connectivity index (χ2n) is 2.95. The summed E-state index contributed by atoms with van der Waals surface area (Å²) in [5, 5.41) is 22.8. The van der Waals surface area contributed by atoms with E-state index in [1.165, 1.54) is 18.2 Å². The van der Waals surface area contributed by atoms with Crippen LogP contribution in [0.5, 0.6) is 0 Å². The number of nitrogens with one attached hydrogen (secondary N) is 1. The van der Waals surface area contributed by atoms with E-state index in [1.807, 2.05) is 0 Å². The molecule has 1 aromatic rings. The second-order valence-corrected chi connectivity index (χ2v) is 2.95. The number of carbonyl (C=O) groups excluding carboxylic acids is 2. The van der Waals surface area contributed by atoms with Crippen molar-refractivity contribution in [3.05, 3.63) is 46.5 Å². The summed E-state index contributed by atoms with van der Waals surface area (Å²) in [6.07, 6.45) is 1.32. The van der Waals surface area contributed by atoms with Crippen molar-refractivity contribution >= 4 is 23.3 Å². The van der Waals surface area contributed by atoms with Crippen LogP contribution >= 0.6 is 0 Å². The van der Waals surface area contributed by atoms with Crippen LogP contribution in [-0.4, -0.2) is 16.8 Å². The van der Waals surface area contributed by atoms with Crippen LogP contribution in [0.3, 0.4) is 0 Å². The van der Waals surface area contributed by atoms with E-state index in [-0.39, 0.29) is 11.4 Å². The largest absolute Gasteiger partial charge is 0.545 e. The number of rotatable bonds is 4. The van der Waals surface area contributed by atoms with Gasteiger partial charge >= 0.3 is 0 Å². The quantitative estimate of drug-likeness (QED) is 0.442. The van der Waals surface area contributed by atoms with Gasteiger partial charge in [0.2, 0.25) is 5.91 Å². The Balaban J connectivity index is 2.75. The summed E-state index contributed by atoms with van der Waals surface area (Å²) < 4.78 is 0. The lowest BCUT2D eigenvalue weighted by atomic mass is 10.3. The molecule has 7 heteroatoms. The van der Waals surface area contributed by atoms with Gasteiger partial charge in [-0.1, -0.05) is 6.07 Å². The topological polar surface area (TPSA) is 112 Å². The second kappa shape index (κ2) is 5.40. The summed E-state index contributed by atoms with van der Waals surface area (Å²) in [6.45, 7) is 0. The van der Waals surface area contributed by atoms with Crippen LogP contribution < -0.4 is 10.4 Å². The molecule has 7 nitrogen and oxygen atoms in total. The maximum atomic E-state index is 11.1. The molecule has 0 radical (unpaired) electrons. The first-order valence-corrected chi connectivity index (χ1v) is 4.43. The molecule has 0 aliphatic carbocycles. The van der Waals surface area contributed by atoms with E-state index in [4.69, 9.17) is 0 Å². The van der Waals surface area contributed by atoms with Gasteiger partial charge in [0.25, 0.3) is 5.69 Å². The van der Waals surface area contributed by atoms with Gasteiger partial charge in [-0.3, -0.25) is 14.9 Å². The molecule has 1 rings (SSSR count). The fraction of sp³-hybridized carbons (Fsp3) is 0. The number of anilines is 1.